The van der Waals surface area contributed by atoms with E-state index in [0.29, 0.717) is 0 Å². The Hall–Kier alpha value is -1.83. The number of aromatic nitrogens is 1. The number of rotatable bonds is 2. The van der Waals surface area contributed by atoms with Crippen LogP contribution in [0.2, 0.25) is 0 Å². The molecule has 1 heterocycles. The number of H-pyrrole nitrogens is 1. The molecule has 2 heteroatoms. The van der Waals surface area contributed by atoms with Crippen molar-refractivity contribution < 1.29 is 4.79 Å². The van der Waals surface area contributed by atoms with E-state index in [1.165, 1.54) is 22.3 Å². The monoisotopic (exact) mass is 211 g/mol. The van der Waals surface area contributed by atoms with Crippen LogP contribution >= 0.6 is 0 Å². The molecular weight excluding hydrogens is 198 g/mol. The lowest BCUT2D eigenvalue weighted by Crippen LogP contribution is -1.92. The predicted octanol–water partition coefficient (Wildman–Crippen LogP) is 2.96. The van der Waals surface area contributed by atoms with E-state index in [2.05, 4.69) is 30.1 Å². The smallest absolute Gasteiger partial charge is 0.166 e. The third-order valence-corrected chi connectivity index (χ3v) is 3.38. The Balaban J connectivity index is 2.26. The molecule has 1 N–H and O–H groups in total. The highest BCUT2D eigenvalue weighted by molar-refractivity contribution is 5.84. The third kappa shape index (κ3) is 1.10. The van der Waals surface area contributed by atoms with Crippen LogP contribution in [0.1, 0.15) is 34.1 Å². The van der Waals surface area contributed by atoms with Crippen molar-refractivity contribution >= 4 is 6.29 Å². The van der Waals surface area contributed by atoms with Gasteiger partial charge in [0.1, 0.15) is 0 Å². The first-order chi connectivity index (χ1) is 7.85. The van der Waals surface area contributed by atoms with Crippen molar-refractivity contribution in [2.45, 2.75) is 19.8 Å². The van der Waals surface area contributed by atoms with Crippen LogP contribution in [-0.2, 0) is 12.8 Å². The molecule has 0 unspecified atom stereocenters. The Kier molecular flexibility index (Phi) is 1.96. The minimum atomic E-state index is 0.752. The van der Waals surface area contributed by atoms with Crippen LogP contribution in [0.4, 0.5) is 0 Å². The van der Waals surface area contributed by atoms with Crippen molar-refractivity contribution in [3.8, 4) is 11.3 Å². The quantitative estimate of drug-likeness (QED) is 0.649. The van der Waals surface area contributed by atoms with E-state index in [1.54, 1.807) is 0 Å². The lowest BCUT2D eigenvalue weighted by molar-refractivity contribution is 0.111. The molecule has 16 heavy (non-hydrogen) atoms. The molecule has 0 amide bonds. The zero-order chi connectivity index (χ0) is 11.1. The molecule has 1 aliphatic carbocycles. The first-order valence-electron chi connectivity index (χ1n) is 5.62. The zero-order valence-electron chi connectivity index (χ0n) is 9.21. The molecule has 2 nitrogen and oxygen atoms in total. The van der Waals surface area contributed by atoms with Gasteiger partial charge in [-0.15, -0.1) is 0 Å². The van der Waals surface area contributed by atoms with Crippen LogP contribution in [0, 0.1) is 0 Å². The molecule has 1 aliphatic rings. The summed E-state index contributed by atoms with van der Waals surface area (Å²) in [4.78, 5) is 14.2. The maximum Gasteiger partial charge on any atom is 0.166 e. The summed E-state index contributed by atoms with van der Waals surface area (Å²) in [5.74, 6) is 0. The van der Waals surface area contributed by atoms with Gasteiger partial charge in [-0.1, -0.05) is 31.2 Å². The lowest BCUT2D eigenvalue weighted by Gasteiger charge is -1.99. The Morgan fingerprint density at radius 1 is 1.38 bits per heavy atom. The van der Waals surface area contributed by atoms with Gasteiger partial charge in [0.15, 0.2) is 6.29 Å². The van der Waals surface area contributed by atoms with Crippen LogP contribution in [0.5, 0.6) is 0 Å². The van der Waals surface area contributed by atoms with Gasteiger partial charge in [0.25, 0.3) is 0 Å². The molecule has 2 aromatic rings. The molecule has 0 saturated heterocycles. The number of fused-ring (bicyclic) bond motifs is 3. The minimum Gasteiger partial charge on any atom is -0.352 e. The lowest BCUT2D eigenvalue weighted by atomic mass is 10.1. The number of carbonyl (C=O) groups is 1. The fourth-order valence-electron chi connectivity index (χ4n) is 2.64. The summed E-state index contributed by atoms with van der Waals surface area (Å²) in [5, 5.41) is 0. The highest BCUT2D eigenvalue weighted by atomic mass is 16.1. The fraction of sp³-hybridized carbons (Fsp3) is 0.214. The molecule has 1 aromatic heterocycles. The van der Waals surface area contributed by atoms with Gasteiger partial charge < -0.3 is 4.98 Å². The van der Waals surface area contributed by atoms with Gasteiger partial charge in [-0.05, 0) is 23.1 Å². The van der Waals surface area contributed by atoms with Gasteiger partial charge in [-0.25, -0.2) is 0 Å². The maximum atomic E-state index is 11.0. The molecule has 0 bridgehead atoms. The van der Waals surface area contributed by atoms with Gasteiger partial charge in [-0.2, -0.15) is 0 Å². The standard InChI is InChI=1S/C14H13NO/c1-2-10-12-7-9-5-3-4-6-11(9)14(12)15-13(10)8-16/h3-6,8,15H,2,7H2,1H3. The SMILES string of the molecule is CCc1c(C=O)[nH]c2c1Cc1ccccc1-2. The summed E-state index contributed by atoms with van der Waals surface area (Å²) < 4.78 is 0. The van der Waals surface area contributed by atoms with Crippen molar-refractivity contribution in [3.05, 3.63) is 46.6 Å². The summed E-state index contributed by atoms with van der Waals surface area (Å²) in [6.07, 6.45) is 2.80. The molecular formula is C14H13NO. The Labute approximate surface area is 94.3 Å². The van der Waals surface area contributed by atoms with Gasteiger partial charge >= 0.3 is 0 Å². The normalized spacial score (nSPS) is 12.3. The van der Waals surface area contributed by atoms with Crippen molar-refractivity contribution in [2.24, 2.45) is 0 Å². The van der Waals surface area contributed by atoms with Crippen LogP contribution < -0.4 is 0 Å². The van der Waals surface area contributed by atoms with Crippen molar-refractivity contribution in [1.82, 2.24) is 4.98 Å². The second-order valence-corrected chi connectivity index (χ2v) is 4.18. The van der Waals surface area contributed by atoms with E-state index in [0.717, 1.165) is 30.5 Å². The van der Waals surface area contributed by atoms with Gasteiger partial charge in [-0.3, -0.25) is 4.79 Å². The number of carbonyl (C=O) groups excluding carboxylic acids is 1. The second kappa shape index (κ2) is 3.34. The molecule has 0 fully saturated rings. The van der Waals surface area contributed by atoms with Gasteiger partial charge in [0.05, 0.1) is 11.4 Å². The average molecular weight is 211 g/mol. The fourth-order valence-corrected chi connectivity index (χ4v) is 2.64. The second-order valence-electron chi connectivity index (χ2n) is 4.18. The summed E-state index contributed by atoms with van der Waals surface area (Å²) in [6, 6.07) is 8.38. The Morgan fingerprint density at radius 2 is 2.19 bits per heavy atom. The molecule has 80 valence electrons. The number of aldehydes is 1. The zero-order valence-corrected chi connectivity index (χ0v) is 9.21. The minimum absolute atomic E-state index is 0.752. The summed E-state index contributed by atoms with van der Waals surface area (Å²) in [5.41, 5.74) is 7.00. The highest BCUT2D eigenvalue weighted by Crippen LogP contribution is 2.38. The van der Waals surface area contributed by atoms with Gasteiger partial charge in [0, 0.05) is 12.0 Å². The van der Waals surface area contributed by atoms with E-state index < -0.39 is 0 Å². The summed E-state index contributed by atoms with van der Waals surface area (Å²) >= 11 is 0. The molecule has 0 spiro atoms. The van der Waals surface area contributed by atoms with Crippen molar-refractivity contribution in [3.63, 3.8) is 0 Å². The Morgan fingerprint density at radius 3 is 2.94 bits per heavy atom. The van der Waals surface area contributed by atoms with E-state index in [-0.39, 0.29) is 0 Å². The van der Waals surface area contributed by atoms with Crippen molar-refractivity contribution in [1.29, 1.82) is 0 Å². The molecule has 0 atom stereocenters. The summed E-state index contributed by atoms with van der Waals surface area (Å²) in [6.45, 7) is 2.10. The van der Waals surface area contributed by atoms with Gasteiger partial charge in [0.2, 0.25) is 0 Å². The number of benzene rings is 1. The number of hydrogen-bond acceptors (Lipinski definition) is 1. The predicted molar refractivity (Wildman–Crippen MR) is 63.8 cm³/mol. The van der Waals surface area contributed by atoms with Crippen LogP contribution in [-0.4, -0.2) is 11.3 Å². The van der Waals surface area contributed by atoms with Crippen LogP contribution in [0.15, 0.2) is 24.3 Å². The molecule has 3 rings (SSSR count). The van der Waals surface area contributed by atoms with E-state index in [1.807, 2.05) is 6.07 Å². The molecule has 0 aliphatic heterocycles. The highest BCUT2D eigenvalue weighted by Gasteiger charge is 2.24. The first kappa shape index (κ1) is 9.40. The van der Waals surface area contributed by atoms with Crippen LogP contribution in [0.25, 0.3) is 11.3 Å². The van der Waals surface area contributed by atoms with E-state index >= 15 is 0 Å². The van der Waals surface area contributed by atoms with E-state index in [4.69, 9.17) is 0 Å². The summed E-state index contributed by atoms with van der Waals surface area (Å²) in [7, 11) is 0. The molecule has 1 aromatic carbocycles. The molecule has 0 radical (unpaired) electrons. The number of nitrogens with one attached hydrogen (secondary N) is 1. The Bertz CT molecular complexity index is 566. The third-order valence-electron chi connectivity index (χ3n) is 3.38. The average Bonchev–Trinajstić information content (AvgIpc) is 2.83. The molecule has 0 saturated carbocycles. The maximum absolute atomic E-state index is 11.0. The van der Waals surface area contributed by atoms with Crippen molar-refractivity contribution in [2.75, 3.05) is 0 Å². The van der Waals surface area contributed by atoms with E-state index in [9.17, 15) is 4.79 Å². The first-order valence-corrected chi connectivity index (χ1v) is 5.62. The topological polar surface area (TPSA) is 32.9 Å². The largest absolute Gasteiger partial charge is 0.352 e. The van der Waals surface area contributed by atoms with Crippen LogP contribution in [0.3, 0.4) is 0 Å². The number of aromatic amines is 1. The number of hydrogen-bond donors (Lipinski definition) is 1.